The van der Waals surface area contributed by atoms with Crippen LogP contribution in [0.25, 0.3) is 10.9 Å². The summed E-state index contributed by atoms with van der Waals surface area (Å²) < 4.78 is 0. The van der Waals surface area contributed by atoms with E-state index in [4.69, 9.17) is 0 Å². The van der Waals surface area contributed by atoms with E-state index in [2.05, 4.69) is 30.2 Å². The van der Waals surface area contributed by atoms with Crippen LogP contribution in [0.2, 0.25) is 0 Å². The second kappa shape index (κ2) is 5.80. The molecule has 1 fully saturated rings. The van der Waals surface area contributed by atoms with Gasteiger partial charge in [0.15, 0.2) is 11.5 Å². The first kappa shape index (κ1) is 16.5. The average Bonchev–Trinajstić information content (AvgIpc) is 3.30. The van der Waals surface area contributed by atoms with Crippen molar-refractivity contribution in [3.8, 4) is 11.5 Å². The van der Waals surface area contributed by atoms with E-state index >= 15 is 0 Å². The van der Waals surface area contributed by atoms with E-state index in [1.54, 1.807) is 6.07 Å². The minimum Gasteiger partial charge on any atom is -0.504 e. The van der Waals surface area contributed by atoms with E-state index in [9.17, 15) is 15.0 Å². The van der Waals surface area contributed by atoms with Crippen molar-refractivity contribution < 1.29 is 15.0 Å². The monoisotopic (exact) mass is 350 g/mol. The average molecular weight is 350 g/mol. The third-order valence-corrected chi connectivity index (χ3v) is 5.23. The predicted molar refractivity (Wildman–Crippen MR) is 102 cm³/mol. The predicted octanol–water partition coefficient (Wildman–Crippen LogP) is 4.37. The minimum atomic E-state index is -0.624. The lowest BCUT2D eigenvalue weighted by Gasteiger charge is -2.16. The second-order valence-electron chi connectivity index (χ2n) is 7.42. The van der Waals surface area contributed by atoms with E-state index in [0.717, 1.165) is 35.0 Å². The summed E-state index contributed by atoms with van der Waals surface area (Å²) in [5.41, 5.74) is 3.08. The molecule has 4 N–H and O–H groups in total. The lowest BCUT2D eigenvalue weighted by molar-refractivity contribution is -0.118. The first-order chi connectivity index (χ1) is 12.4. The summed E-state index contributed by atoms with van der Waals surface area (Å²) >= 11 is 0. The van der Waals surface area contributed by atoms with Gasteiger partial charge in [-0.05, 0) is 60.7 Å². The van der Waals surface area contributed by atoms with Gasteiger partial charge in [-0.1, -0.05) is 19.9 Å². The van der Waals surface area contributed by atoms with Crippen molar-refractivity contribution >= 4 is 22.5 Å². The van der Waals surface area contributed by atoms with Crippen LogP contribution >= 0.6 is 0 Å². The molecule has 4 rings (SSSR count). The van der Waals surface area contributed by atoms with Crippen molar-refractivity contribution in [3.63, 3.8) is 0 Å². The van der Waals surface area contributed by atoms with Crippen LogP contribution in [0.4, 0.5) is 5.69 Å². The Bertz CT molecular complexity index is 1000. The number of anilines is 1. The van der Waals surface area contributed by atoms with Crippen molar-refractivity contribution in [2.45, 2.75) is 38.0 Å². The van der Waals surface area contributed by atoms with Crippen LogP contribution in [-0.4, -0.2) is 21.1 Å². The maximum Gasteiger partial charge on any atom is 0.235 e. The van der Waals surface area contributed by atoms with Crippen LogP contribution in [-0.2, 0) is 10.2 Å². The number of H-pyrrole nitrogens is 1. The number of aromatic nitrogens is 1. The fourth-order valence-electron chi connectivity index (χ4n) is 3.39. The number of hydrogen-bond donors (Lipinski definition) is 4. The van der Waals surface area contributed by atoms with Crippen LogP contribution in [0.5, 0.6) is 11.5 Å². The Morgan fingerprint density at radius 2 is 1.85 bits per heavy atom. The number of aromatic amines is 1. The molecular weight excluding hydrogens is 328 g/mol. The molecule has 2 aromatic carbocycles. The Kier molecular flexibility index (Phi) is 3.68. The highest BCUT2D eigenvalue weighted by atomic mass is 16.3. The molecule has 5 heteroatoms. The topological polar surface area (TPSA) is 85.3 Å². The molecule has 1 aliphatic carbocycles. The summed E-state index contributed by atoms with van der Waals surface area (Å²) in [4.78, 5) is 16.3. The summed E-state index contributed by atoms with van der Waals surface area (Å²) in [6, 6.07) is 12.6. The minimum absolute atomic E-state index is 0.0819. The number of carbonyl (C=O) groups excluding carboxylic acids is 1. The highest BCUT2D eigenvalue weighted by molar-refractivity contribution is 6.02. The zero-order valence-corrected chi connectivity index (χ0v) is 14.8. The molecular formula is C21H22N2O3. The number of fused-ring (bicyclic) bond motifs is 1. The Labute approximate surface area is 151 Å². The molecule has 0 bridgehead atoms. The summed E-state index contributed by atoms with van der Waals surface area (Å²) in [6.45, 7) is 4.27. The van der Waals surface area contributed by atoms with Gasteiger partial charge in [-0.25, -0.2) is 0 Å². The highest BCUT2D eigenvalue weighted by Gasteiger charge is 2.51. The first-order valence-corrected chi connectivity index (χ1v) is 8.86. The van der Waals surface area contributed by atoms with Gasteiger partial charge in [0.1, 0.15) is 0 Å². The molecule has 0 unspecified atom stereocenters. The Morgan fingerprint density at radius 1 is 1.08 bits per heavy atom. The quantitative estimate of drug-likeness (QED) is 0.527. The SMILES string of the molecule is CC(C)c1cc2cc(NC(=O)C3(c4ccc(O)c(O)c4)CC3)ccc2[nH]1. The molecule has 1 aromatic heterocycles. The van der Waals surface area contributed by atoms with Crippen molar-refractivity contribution in [1.29, 1.82) is 0 Å². The van der Waals surface area contributed by atoms with Crippen molar-refractivity contribution in [2.24, 2.45) is 0 Å². The molecule has 0 radical (unpaired) electrons. The highest BCUT2D eigenvalue weighted by Crippen LogP contribution is 2.50. The molecule has 5 nitrogen and oxygen atoms in total. The molecule has 3 aromatic rings. The van der Waals surface area contributed by atoms with Gasteiger partial charge in [-0.15, -0.1) is 0 Å². The molecule has 0 spiro atoms. The summed E-state index contributed by atoms with van der Waals surface area (Å²) in [5.74, 6) is -0.0423. The van der Waals surface area contributed by atoms with E-state index in [0.29, 0.717) is 5.92 Å². The van der Waals surface area contributed by atoms with Gasteiger partial charge in [-0.3, -0.25) is 4.79 Å². The number of phenols is 2. The fourth-order valence-corrected chi connectivity index (χ4v) is 3.39. The number of benzene rings is 2. The first-order valence-electron chi connectivity index (χ1n) is 8.86. The van der Waals surface area contributed by atoms with Gasteiger partial charge in [0.2, 0.25) is 5.91 Å². The van der Waals surface area contributed by atoms with Crippen LogP contribution in [0.3, 0.4) is 0 Å². The second-order valence-corrected chi connectivity index (χ2v) is 7.42. The van der Waals surface area contributed by atoms with Gasteiger partial charge < -0.3 is 20.5 Å². The molecule has 1 amide bonds. The third-order valence-electron chi connectivity index (χ3n) is 5.23. The number of nitrogens with one attached hydrogen (secondary N) is 2. The van der Waals surface area contributed by atoms with Gasteiger partial charge in [0.05, 0.1) is 5.41 Å². The number of phenolic OH excluding ortho intramolecular Hbond substituents is 2. The molecule has 0 atom stereocenters. The Balaban J connectivity index is 1.59. The molecule has 1 aliphatic rings. The molecule has 0 aliphatic heterocycles. The number of amides is 1. The number of hydrogen-bond acceptors (Lipinski definition) is 3. The molecule has 1 saturated carbocycles. The lowest BCUT2D eigenvalue weighted by Crippen LogP contribution is -2.27. The van der Waals surface area contributed by atoms with Gasteiger partial charge >= 0.3 is 0 Å². The number of aromatic hydroxyl groups is 2. The maximum atomic E-state index is 12.9. The van der Waals surface area contributed by atoms with Crippen LogP contribution in [0, 0.1) is 0 Å². The van der Waals surface area contributed by atoms with Crippen LogP contribution in [0.1, 0.15) is 43.9 Å². The smallest absolute Gasteiger partial charge is 0.235 e. The van der Waals surface area contributed by atoms with Crippen LogP contribution < -0.4 is 5.32 Å². The number of rotatable bonds is 4. The molecule has 0 saturated heterocycles. The summed E-state index contributed by atoms with van der Waals surface area (Å²) in [5, 5.41) is 23.3. The third kappa shape index (κ3) is 2.69. The Hall–Kier alpha value is -2.95. The molecule has 26 heavy (non-hydrogen) atoms. The largest absolute Gasteiger partial charge is 0.504 e. The van der Waals surface area contributed by atoms with Crippen LogP contribution in [0.15, 0.2) is 42.5 Å². The van der Waals surface area contributed by atoms with Gasteiger partial charge in [-0.2, -0.15) is 0 Å². The van der Waals surface area contributed by atoms with Crippen molar-refractivity contribution in [2.75, 3.05) is 5.32 Å². The summed E-state index contributed by atoms with van der Waals surface area (Å²) in [7, 11) is 0. The standard InChI is InChI=1S/C21H22N2O3/c1-12(2)17-10-13-9-15(4-5-16(13)23-17)22-20(26)21(7-8-21)14-3-6-18(24)19(25)11-14/h3-6,9-12,23-25H,7-8H2,1-2H3,(H,22,26). The summed E-state index contributed by atoms with van der Waals surface area (Å²) in [6.07, 6.45) is 1.46. The Morgan fingerprint density at radius 3 is 2.50 bits per heavy atom. The molecule has 134 valence electrons. The van der Waals surface area contributed by atoms with E-state index in [1.165, 1.54) is 17.8 Å². The van der Waals surface area contributed by atoms with E-state index < -0.39 is 5.41 Å². The van der Waals surface area contributed by atoms with Crippen molar-refractivity contribution in [3.05, 3.63) is 53.7 Å². The molecule has 1 heterocycles. The van der Waals surface area contributed by atoms with Gasteiger partial charge in [0, 0.05) is 22.3 Å². The van der Waals surface area contributed by atoms with E-state index in [1.807, 2.05) is 18.2 Å². The zero-order chi connectivity index (χ0) is 18.5. The number of carbonyl (C=O) groups is 1. The van der Waals surface area contributed by atoms with E-state index in [-0.39, 0.29) is 17.4 Å². The normalized spacial score (nSPS) is 15.3. The lowest BCUT2D eigenvalue weighted by atomic mass is 9.94. The van der Waals surface area contributed by atoms with Crippen molar-refractivity contribution in [1.82, 2.24) is 4.98 Å². The maximum absolute atomic E-state index is 12.9. The fraction of sp³-hybridized carbons (Fsp3) is 0.286. The van der Waals surface area contributed by atoms with Gasteiger partial charge in [0.25, 0.3) is 0 Å². The zero-order valence-electron chi connectivity index (χ0n) is 14.8.